The molecule has 1 atom stereocenters. The van der Waals surface area contributed by atoms with Crippen LogP contribution in [0.1, 0.15) is 47.8 Å². The van der Waals surface area contributed by atoms with E-state index in [0.717, 1.165) is 49.8 Å². The summed E-state index contributed by atoms with van der Waals surface area (Å²) in [6, 6.07) is 9.63. The van der Waals surface area contributed by atoms with Crippen molar-refractivity contribution >= 4 is 5.91 Å². The molecule has 2 saturated heterocycles. The number of hydrogen-bond donors (Lipinski definition) is 0. The van der Waals surface area contributed by atoms with Crippen molar-refractivity contribution in [2.45, 2.75) is 31.6 Å². The molecule has 5 rings (SSSR count). The van der Waals surface area contributed by atoms with Gasteiger partial charge in [-0.05, 0) is 56.8 Å². The minimum atomic E-state index is 0.0926. The van der Waals surface area contributed by atoms with Crippen LogP contribution in [-0.4, -0.2) is 53.4 Å². The van der Waals surface area contributed by atoms with E-state index >= 15 is 0 Å². The van der Waals surface area contributed by atoms with Crippen molar-refractivity contribution in [1.82, 2.24) is 14.8 Å². The highest BCUT2D eigenvalue weighted by Crippen LogP contribution is 2.50. The number of benzene rings is 1. The van der Waals surface area contributed by atoms with E-state index in [1.165, 1.54) is 19.4 Å². The molecular formula is C22H27N3O2. The van der Waals surface area contributed by atoms with Gasteiger partial charge in [0.1, 0.15) is 6.26 Å². The summed E-state index contributed by atoms with van der Waals surface area (Å²) in [6.45, 7) is 5.02. The molecule has 5 heteroatoms. The van der Waals surface area contributed by atoms with Gasteiger partial charge >= 0.3 is 0 Å². The van der Waals surface area contributed by atoms with E-state index in [2.05, 4.69) is 9.88 Å². The second-order valence-corrected chi connectivity index (χ2v) is 8.58. The minimum absolute atomic E-state index is 0.0926. The highest BCUT2D eigenvalue weighted by Gasteiger charge is 2.51. The quantitative estimate of drug-likeness (QED) is 0.833. The van der Waals surface area contributed by atoms with E-state index in [4.69, 9.17) is 4.42 Å². The molecule has 1 amide bonds. The lowest BCUT2D eigenvalue weighted by Crippen LogP contribution is -2.44. The summed E-state index contributed by atoms with van der Waals surface area (Å²) < 4.78 is 5.72. The second kappa shape index (κ2) is 6.79. The zero-order chi connectivity index (χ0) is 18.3. The third-order valence-corrected chi connectivity index (χ3v) is 6.77. The van der Waals surface area contributed by atoms with Crippen LogP contribution in [0.15, 0.2) is 47.2 Å². The normalized spacial score (nSPS) is 25.2. The van der Waals surface area contributed by atoms with Gasteiger partial charge in [-0.25, -0.2) is 4.98 Å². The lowest BCUT2D eigenvalue weighted by atomic mass is 9.70. The van der Waals surface area contributed by atoms with Gasteiger partial charge in [0.2, 0.25) is 0 Å². The number of carbonyl (C=O) groups excluding carboxylic acids is 1. The number of likely N-dealkylation sites (tertiary alicyclic amines) is 2. The average Bonchev–Trinajstić information content (AvgIpc) is 3.22. The van der Waals surface area contributed by atoms with Crippen LogP contribution in [0.5, 0.6) is 0 Å². The van der Waals surface area contributed by atoms with Crippen LogP contribution in [-0.2, 0) is 0 Å². The topological polar surface area (TPSA) is 49.6 Å². The van der Waals surface area contributed by atoms with Crippen molar-refractivity contribution in [3.8, 4) is 0 Å². The van der Waals surface area contributed by atoms with Crippen LogP contribution in [0.4, 0.5) is 0 Å². The van der Waals surface area contributed by atoms with Crippen molar-refractivity contribution in [3.63, 3.8) is 0 Å². The van der Waals surface area contributed by atoms with Crippen LogP contribution in [0.25, 0.3) is 0 Å². The Morgan fingerprint density at radius 2 is 1.96 bits per heavy atom. The van der Waals surface area contributed by atoms with Gasteiger partial charge in [-0.2, -0.15) is 0 Å². The first-order chi connectivity index (χ1) is 13.2. The van der Waals surface area contributed by atoms with Gasteiger partial charge in [-0.3, -0.25) is 4.79 Å². The summed E-state index contributed by atoms with van der Waals surface area (Å²) in [5.41, 5.74) is 0.863. The Hall–Kier alpha value is -2.14. The fourth-order valence-electron chi connectivity index (χ4n) is 4.99. The maximum absolute atomic E-state index is 13.1. The van der Waals surface area contributed by atoms with Crippen molar-refractivity contribution in [2.75, 3.05) is 32.7 Å². The molecule has 1 aliphatic carbocycles. The molecule has 2 aromatic rings. The summed E-state index contributed by atoms with van der Waals surface area (Å²) in [5, 5.41) is 0. The van der Waals surface area contributed by atoms with Gasteiger partial charge in [-0.1, -0.05) is 18.2 Å². The molecule has 1 saturated carbocycles. The SMILES string of the molecule is O=C(c1ccccc1)N1CC(c2ncco2)C2(CCN(CC3CC3)CC2)C1. The lowest BCUT2D eigenvalue weighted by Gasteiger charge is -2.41. The summed E-state index contributed by atoms with van der Waals surface area (Å²) in [5.74, 6) is 2.06. The molecule has 3 heterocycles. The van der Waals surface area contributed by atoms with Gasteiger partial charge in [0.15, 0.2) is 5.89 Å². The van der Waals surface area contributed by atoms with Crippen molar-refractivity contribution in [3.05, 3.63) is 54.2 Å². The molecule has 142 valence electrons. The Morgan fingerprint density at radius 3 is 2.63 bits per heavy atom. The van der Waals surface area contributed by atoms with Gasteiger partial charge < -0.3 is 14.2 Å². The number of amides is 1. The van der Waals surface area contributed by atoms with Crippen LogP contribution in [0.3, 0.4) is 0 Å². The van der Waals surface area contributed by atoms with Gasteiger partial charge in [0, 0.05) is 30.6 Å². The molecule has 1 unspecified atom stereocenters. The Morgan fingerprint density at radius 1 is 1.19 bits per heavy atom. The highest BCUT2D eigenvalue weighted by molar-refractivity contribution is 5.94. The number of hydrogen-bond acceptors (Lipinski definition) is 4. The summed E-state index contributed by atoms with van der Waals surface area (Å²) in [4.78, 5) is 22.2. The number of oxazole rings is 1. The smallest absolute Gasteiger partial charge is 0.253 e. The maximum Gasteiger partial charge on any atom is 0.253 e. The summed E-state index contributed by atoms with van der Waals surface area (Å²) in [7, 11) is 0. The molecule has 27 heavy (non-hydrogen) atoms. The monoisotopic (exact) mass is 365 g/mol. The maximum atomic E-state index is 13.1. The molecule has 3 fully saturated rings. The van der Waals surface area contributed by atoms with Crippen molar-refractivity contribution < 1.29 is 9.21 Å². The first-order valence-electron chi connectivity index (χ1n) is 10.2. The molecule has 5 nitrogen and oxygen atoms in total. The fourth-order valence-corrected chi connectivity index (χ4v) is 4.99. The fraction of sp³-hybridized carbons (Fsp3) is 0.545. The van der Waals surface area contributed by atoms with Gasteiger partial charge in [-0.15, -0.1) is 0 Å². The van der Waals surface area contributed by atoms with Crippen molar-refractivity contribution in [1.29, 1.82) is 0 Å². The second-order valence-electron chi connectivity index (χ2n) is 8.58. The lowest BCUT2D eigenvalue weighted by molar-refractivity contribution is 0.0693. The predicted octanol–water partition coefficient (Wildman–Crippen LogP) is 3.41. The Labute approximate surface area is 160 Å². The molecule has 1 spiro atoms. The molecule has 2 aliphatic heterocycles. The highest BCUT2D eigenvalue weighted by atomic mass is 16.3. The third kappa shape index (κ3) is 3.29. The van der Waals surface area contributed by atoms with E-state index in [9.17, 15) is 4.79 Å². The first-order valence-corrected chi connectivity index (χ1v) is 10.2. The van der Waals surface area contributed by atoms with E-state index in [1.54, 1.807) is 12.5 Å². The molecule has 1 aromatic carbocycles. The van der Waals surface area contributed by atoms with Crippen LogP contribution in [0, 0.1) is 11.3 Å². The van der Waals surface area contributed by atoms with E-state index in [1.807, 2.05) is 35.2 Å². The molecule has 0 bridgehead atoms. The Balaban J connectivity index is 1.36. The molecule has 0 radical (unpaired) electrons. The van der Waals surface area contributed by atoms with Gasteiger partial charge in [0.25, 0.3) is 5.91 Å². The Bertz CT molecular complexity index is 777. The summed E-state index contributed by atoms with van der Waals surface area (Å²) in [6.07, 6.45) is 8.43. The third-order valence-electron chi connectivity index (χ3n) is 6.77. The molecule has 0 N–H and O–H groups in total. The molecular weight excluding hydrogens is 338 g/mol. The number of aromatic nitrogens is 1. The minimum Gasteiger partial charge on any atom is -0.449 e. The molecule has 1 aromatic heterocycles. The number of piperidine rings is 1. The molecule has 3 aliphatic rings. The van der Waals surface area contributed by atoms with E-state index in [0.29, 0.717) is 6.54 Å². The van der Waals surface area contributed by atoms with Crippen LogP contribution < -0.4 is 0 Å². The predicted molar refractivity (Wildman–Crippen MR) is 102 cm³/mol. The number of rotatable bonds is 4. The van der Waals surface area contributed by atoms with Crippen molar-refractivity contribution in [2.24, 2.45) is 11.3 Å². The van der Waals surface area contributed by atoms with Crippen LogP contribution in [0.2, 0.25) is 0 Å². The van der Waals surface area contributed by atoms with Crippen LogP contribution >= 0.6 is 0 Å². The zero-order valence-corrected chi connectivity index (χ0v) is 15.7. The summed E-state index contributed by atoms with van der Waals surface area (Å²) >= 11 is 0. The standard InChI is InChI=1S/C22H27N3O2/c26-21(18-4-2-1-3-5-18)25-15-19(20-23-10-13-27-20)22(16-25)8-11-24(12-9-22)14-17-6-7-17/h1-5,10,13,17,19H,6-9,11-12,14-16H2. The van der Waals surface area contributed by atoms with E-state index in [-0.39, 0.29) is 17.2 Å². The van der Waals surface area contributed by atoms with E-state index < -0.39 is 0 Å². The number of nitrogens with zero attached hydrogens (tertiary/aromatic N) is 3. The first kappa shape index (κ1) is 17.0. The zero-order valence-electron chi connectivity index (χ0n) is 15.7. The average molecular weight is 365 g/mol. The number of carbonyl (C=O) groups is 1. The van der Waals surface area contributed by atoms with Gasteiger partial charge in [0.05, 0.1) is 12.1 Å². The Kier molecular flexibility index (Phi) is 4.27. The largest absolute Gasteiger partial charge is 0.449 e.